The zero-order valence-corrected chi connectivity index (χ0v) is 19.2. The number of benzene rings is 1. The van der Waals surface area contributed by atoms with E-state index >= 15 is 0 Å². The fourth-order valence-electron chi connectivity index (χ4n) is 3.26. The molecule has 36 heavy (non-hydrogen) atoms. The average molecular weight is 511 g/mol. The van der Waals surface area contributed by atoms with E-state index in [4.69, 9.17) is 14.7 Å². The van der Waals surface area contributed by atoms with E-state index in [1.807, 2.05) is 7.05 Å². The van der Waals surface area contributed by atoms with E-state index in [9.17, 15) is 27.6 Å². The monoisotopic (exact) mass is 510 g/mol. The Labute approximate surface area is 207 Å². The predicted molar refractivity (Wildman–Crippen MR) is 123 cm³/mol. The van der Waals surface area contributed by atoms with E-state index in [1.54, 1.807) is 19.1 Å². The second-order valence-corrected chi connectivity index (χ2v) is 7.63. The zero-order valence-electron chi connectivity index (χ0n) is 19.2. The fraction of sp³-hybridized carbons (Fsp3) is 0.400. The first-order chi connectivity index (χ1) is 16.5. The third kappa shape index (κ3) is 10.3. The summed E-state index contributed by atoms with van der Waals surface area (Å²) >= 11 is 0. The second kappa shape index (κ2) is 16.1. The molecule has 196 valence electrons. The molecule has 0 unspecified atom stereocenters. The van der Waals surface area contributed by atoms with Crippen molar-refractivity contribution < 1.29 is 42.3 Å². The van der Waals surface area contributed by atoms with Crippen molar-refractivity contribution in [1.82, 2.24) is 9.88 Å². The number of carbonyl (C=O) groups is 3. The molecule has 0 amide bonds. The van der Waals surface area contributed by atoms with Crippen LogP contribution in [0.2, 0.25) is 0 Å². The number of hydrogen-bond acceptors (Lipinski definition) is 7. The molecule has 2 heterocycles. The average Bonchev–Trinajstić information content (AvgIpc) is 2.79. The van der Waals surface area contributed by atoms with Crippen LogP contribution in [0.3, 0.4) is 0 Å². The van der Waals surface area contributed by atoms with Gasteiger partial charge in [-0.15, -0.1) is 0 Å². The summed E-state index contributed by atoms with van der Waals surface area (Å²) in [7, 11) is 2.00. The number of Topliss-reactive ketones (excluding diaryl/α,β-unsaturated/α-hetero) is 2. The van der Waals surface area contributed by atoms with Crippen molar-refractivity contribution in [2.45, 2.75) is 40.0 Å². The van der Waals surface area contributed by atoms with Gasteiger partial charge in [-0.25, -0.2) is 18.2 Å². The van der Waals surface area contributed by atoms with Crippen LogP contribution in [-0.4, -0.2) is 58.8 Å². The van der Waals surface area contributed by atoms with E-state index in [1.165, 1.54) is 6.07 Å². The summed E-state index contributed by atoms with van der Waals surface area (Å²) in [6.45, 7) is 3.26. The van der Waals surface area contributed by atoms with Gasteiger partial charge in [-0.05, 0) is 45.1 Å². The number of ketones is 2. The molecule has 11 heteroatoms. The number of likely N-dealkylation sites (tertiary alicyclic amines) is 1. The number of piperidine rings is 1. The molecule has 8 nitrogen and oxygen atoms in total. The van der Waals surface area contributed by atoms with E-state index in [2.05, 4.69) is 9.88 Å². The molecule has 3 rings (SSSR count). The number of halogens is 3. The minimum absolute atomic E-state index is 0. The van der Waals surface area contributed by atoms with Gasteiger partial charge in [0.1, 0.15) is 23.1 Å². The highest BCUT2D eigenvalue weighted by Crippen LogP contribution is 2.21. The van der Waals surface area contributed by atoms with Crippen LogP contribution in [0.4, 0.5) is 13.2 Å². The van der Waals surface area contributed by atoms with Crippen LogP contribution in [0.25, 0.3) is 0 Å². The smallest absolute Gasteiger partial charge is 0.373 e. The first kappa shape index (κ1) is 32.3. The number of carbonyl (C=O) groups excluding carboxylic acids is 4. The van der Waals surface area contributed by atoms with Crippen LogP contribution in [0.1, 0.15) is 60.2 Å². The number of carboxylic acid groups (broad SMARTS) is 1. The van der Waals surface area contributed by atoms with Crippen LogP contribution in [-0.2, 0) is 20.8 Å². The zero-order chi connectivity index (χ0) is 26.5. The van der Waals surface area contributed by atoms with Gasteiger partial charge in [-0.3, -0.25) is 14.4 Å². The Morgan fingerprint density at radius 3 is 2.06 bits per heavy atom. The lowest BCUT2D eigenvalue weighted by atomic mass is 9.91. The Kier molecular flexibility index (Phi) is 14.4. The summed E-state index contributed by atoms with van der Waals surface area (Å²) in [5, 5.41) is 7.72. The van der Waals surface area contributed by atoms with Crippen molar-refractivity contribution in [3.8, 4) is 0 Å². The molecule has 1 aromatic carbocycles. The molecule has 1 saturated heterocycles. The summed E-state index contributed by atoms with van der Waals surface area (Å²) in [6.07, 6.45) is 1.58. The Morgan fingerprint density at radius 1 is 1.08 bits per heavy atom. The Hall–Kier alpha value is -3.69. The first-order valence-corrected chi connectivity index (χ1v) is 10.6. The van der Waals surface area contributed by atoms with Gasteiger partial charge in [0.05, 0.1) is 12.0 Å². The van der Waals surface area contributed by atoms with Crippen molar-refractivity contribution in [2.24, 2.45) is 5.92 Å². The molecule has 2 aromatic rings. The minimum atomic E-state index is -1.25. The summed E-state index contributed by atoms with van der Waals surface area (Å²) in [4.78, 5) is 56.9. The molecule has 1 fully saturated rings. The van der Waals surface area contributed by atoms with Gasteiger partial charge in [0.2, 0.25) is 0 Å². The first-order valence-electron chi connectivity index (χ1n) is 10.6. The van der Waals surface area contributed by atoms with Crippen molar-refractivity contribution in [1.29, 1.82) is 0 Å². The molecule has 0 aliphatic carbocycles. The lowest BCUT2D eigenvalue weighted by Gasteiger charge is -2.27. The van der Waals surface area contributed by atoms with Gasteiger partial charge in [0.25, 0.3) is 0 Å². The van der Waals surface area contributed by atoms with Gasteiger partial charge >= 0.3 is 12.1 Å². The lowest BCUT2D eigenvalue weighted by Crippen LogP contribution is -2.33. The predicted octanol–water partition coefficient (Wildman–Crippen LogP) is 3.98. The minimum Gasteiger partial charge on any atom is -0.481 e. The number of carboxylic acids is 1. The van der Waals surface area contributed by atoms with Gasteiger partial charge in [-0.1, -0.05) is 20.4 Å². The second-order valence-electron chi connectivity index (χ2n) is 7.63. The quantitative estimate of drug-likeness (QED) is 0.579. The van der Waals surface area contributed by atoms with Crippen LogP contribution < -0.4 is 0 Å². The van der Waals surface area contributed by atoms with Crippen LogP contribution in [0, 0.1) is 23.4 Å². The number of rotatable bonds is 6. The number of aromatic nitrogens is 1. The molecule has 1 aliphatic heterocycles. The molecule has 0 atom stereocenters. The van der Waals surface area contributed by atoms with Gasteiger partial charge < -0.3 is 10.0 Å². The van der Waals surface area contributed by atoms with Gasteiger partial charge in [-0.2, -0.15) is 9.59 Å². The van der Waals surface area contributed by atoms with E-state index < -0.39 is 34.8 Å². The number of nitrogens with zero attached hydrogens (tertiary/aromatic N) is 2. The summed E-state index contributed by atoms with van der Waals surface area (Å²) < 4.78 is 40.5. The van der Waals surface area contributed by atoms with Crippen molar-refractivity contribution in [2.75, 3.05) is 20.1 Å². The third-order valence-electron chi connectivity index (χ3n) is 5.08. The standard InChI is InChI=1S/C20H19F3N2O2.C3H6O2.CO2.CH4/c1-25-7-5-12(6-8-25)20(27)17-4-2-3-14(24-17)11-18(26)19-15(22)9-13(21)10-16(19)23;1-2-3(4)5;2-1-3;/h2-4,9-10,12H,5-8,11H2,1H3;2H2,1H3,(H,4,5);;1H4. The summed E-state index contributed by atoms with van der Waals surface area (Å²) in [6, 6.07) is 5.61. The molecular weight excluding hydrogens is 481 g/mol. The Morgan fingerprint density at radius 2 is 1.58 bits per heavy atom. The highest BCUT2D eigenvalue weighted by molar-refractivity contribution is 5.98. The highest BCUT2D eigenvalue weighted by Gasteiger charge is 2.26. The van der Waals surface area contributed by atoms with Crippen LogP contribution in [0.15, 0.2) is 30.3 Å². The number of aliphatic carboxylic acids is 1. The van der Waals surface area contributed by atoms with Gasteiger partial charge in [0, 0.05) is 30.2 Å². The van der Waals surface area contributed by atoms with Crippen molar-refractivity contribution in [3.63, 3.8) is 0 Å². The molecule has 0 saturated carbocycles. The maximum Gasteiger partial charge on any atom is 0.373 e. The molecular formula is C25H29F3N2O6. The maximum absolute atomic E-state index is 13.8. The Balaban J connectivity index is 0.00000119. The lowest BCUT2D eigenvalue weighted by molar-refractivity contribution is -0.191. The molecule has 0 radical (unpaired) electrons. The number of pyridine rings is 1. The van der Waals surface area contributed by atoms with Crippen LogP contribution >= 0.6 is 0 Å². The summed E-state index contributed by atoms with van der Waals surface area (Å²) in [5.74, 6) is -5.41. The highest BCUT2D eigenvalue weighted by atomic mass is 19.1. The normalized spacial score (nSPS) is 13.0. The maximum atomic E-state index is 13.8. The number of hydrogen-bond donors (Lipinski definition) is 1. The van der Waals surface area contributed by atoms with E-state index in [0.717, 1.165) is 25.9 Å². The van der Waals surface area contributed by atoms with E-state index in [0.29, 0.717) is 12.1 Å². The fourth-order valence-corrected chi connectivity index (χ4v) is 3.26. The SMILES string of the molecule is C.CCC(=O)O.CN1CCC(C(=O)c2cccc(CC(=O)c3c(F)cc(F)cc3F)n2)CC1.O=C=O. The van der Waals surface area contributed by atoms with E-state index in [-0.39, 0.29) is 49.5 Å². The molecule has 1 N–H and O–H groups in total. The molecule has 1 aromatic heterocycles. The van der Waals surface area contributed by atoms with Crippen molar-refractivity contribution >= 4 is 23.7 Å². The third-order valence-corrected chi connectivity index (χ3v) is 5.08. The van der Waals surface area contributed by atoms with Gasteiger partial charge in [0.15, 0.2) is 11.6 Å². The largest absolute Gasteiger partial charge is 0.481 e. The Bertz CT molecular complexity index is 1060. The molecule has 0 spiro atoms. The van der Waals surface area contributed by atoms with Crippen LogP contribution in [0.5, 0.6) is 0 Å². The topological polar surface area (TPSA) is 122 Å². The molecule has 1 aliphatic rings. The van der Waals surface area contributed by atoms with Crippen molar-refractivity contribution in [3.05, 3.63) is 64.7 Å². The molecule has 0 bridgehead atoms. The summed E-state index contributed by atoms with van der Waals surface area (Å²) in [5.41, 5.74) is -0.318.